The van der Waals surface area contributed by atoms with Gasteiger partial charge in [0.15, 0.2) is 5.82 Å². The third-order valence-corrected chi connectivity index (χ3v) is 3.17. The molecule has 0 spiro atoms. The minimum atomic E-state index is -0.972. The number of hydrogen-bond donors (Lipinski definition) is 2. The van der Waals surface area contributed by atoms with E-state index >= 15 is 0 Å². The fourth-order valence-electron chi connectivity index (χ4n) is 2.04. The van der Waals surface area contributed by atoms with Gasteiger partial charge in [0.1, 0.15) is 12.4 Å². The molecule has 2 N–H and O–H groups in total. The fourth-order valence-corrected chi connectivity index (χ4v) is 2.04. The van der Waals surface area contributed by atoms with Crippen LogP contribution in [0.1, 0.15) is 12.8 Å². The SMILES string of the molecule is Br.CN1CCC(C(O)C(=O)Nc2ccon2)CC1. The number of carbonyl (C=O) groups is 1. The van der Waals surface area contributed by atoms with Crippen LogP contribution in [0, 0.1) is 5.92 Å². The monoisotopic (exact) mass is 319 g/mol. The highest BCUT2D eigenvalue weighted by molar-refractivity contribution is 8.93. The first-order chi connectivity index (χ1) is 8.16. The van der Waals surface area contributed by atoms with Crippen molar-refractivity contribution >= 4 is 28.7 Å². The molecule has 18 heavy (non-hydrogen) atoms. The third-order valence-electron chi connectivity index (χ3n) is 3.17. The summed E-state index contributed by atoms with van der Waals surface area (Å²) in [4.78, 5) is 13.9. The largest absolute Gasteiger partial charge is 0.383 e. The first kappa shape index (κ1) is 15.1. The zero-order chi connectivity index (χ0) is 12.3. The number of aliphatic hydroxyl groups excluding tert-OH is 1. The molecule has 1 saturated heterocycles. The molecule has 0 aliphatic carbocycles. The molecule has 1 aliphatic heterocycles. The number of aromatic nitrogens is 1. The maximum atomic E-state index is 11.7. The Morgan fingerprint density at radius 1 is 1.61 bits per heavy atom. The maximum Gasteiger partial charge on any atom is 0.254 e. The lowest BCUT2D eigenvalue weighted by molar-refractivity contribution is -0.127. The second-order valence-electron chi connectivity index (χ2n) is 4.46. The number of aliphatic hydroxyl groups is 1. The molecule has 1 amide bonds. The number of rotatable bonds is 3. The quantitative estimate of drug-likeness (QED) is 0.865. The van der Waals surface area contributed by atoms with Crippen molar-refractivity contribution in [1.82, 2.24) is 10.1 Å². The zero-order valence-electron chi connectivity index (χ0n) is 10.2. The van der Waals surface area contributed by atoms with E-state index < -0.39 is 12.0 Å². The molecule has 2 heterocycles. The number of nitrogens with one attached hydrogen (secondary N) is 1. The molecule has 1 aromatic rings. The topological polar surface area (TPSA) is 78.6 Å². The van der Waals surface area contributed by atoms with Gasteiger partial charge in [-0.1, -0.05) is 5.16 Å². The summed E-state index contributed by atoms with van der Waals surface area (Å²) in [5.41, 5.74) is 0. The molecule has 1 fully saturated rings. The molecule has 1 atom stereocenters. The Bertz CT molecular complexity index is 364. The summed E-state index contributed by atoms with van der Waals surface area (Å²) in [7, 11) is 2.04. The van der Waals surface area contributed by atoms with Crippen LogP contribution < -0.4 is 5.32 Å². The number of hydrogen-bond acceptors (Lipinski definition) is 5. The van der Waals surface area contributed by atoms with E-state index in [0.717, 1.165) is 25.9 Å². The molecule has 6 nitrogen and oxygen atoms in total. The van der Waals surface area contributed by atoms with Gasteiger partial charge in [0.2, 0.25) is 0 Å². The van der Waals surface area contributed by atoms with Gasteiger partial charge in [0.25, 0.3) is 5.91 Å². The van der Waals surface area contributed by atoms with Crippen LogP contribution in [0.25, 0.3) is 0 Å². The Hall–Kier alpha value is -0.920. The van der Waals surface area contributed by atoms with Gasteiger partial charge in [-0.25, -0.2) is 0 Å². The van der Waals surface area contributed by atoms with Gasteiger partial charge in [-0.05, 0) is 38.9 Å². The van der Waals surface area contributed by atoms with Gasteiger partial charge in [0.05, 0.1) is 0 Å². The number of likely N-dealkylation sites (tertiary alicyclic amines) is 1. The van der Waals surface area contributed by atoms with Gasteiger partial charge in [-0.15, -0.1) is 17.0 Å². The van der Waals surface area contributed by atoms with Crippen LogP contribution >= 0.6 is 17.0 Å². The van der Waals surface area contributed by atoms with Gasteiger partial charge >= 0.3 is 0 Å². The van der Waals surface area contributed by atoms with Crippen molar-refractivity contribution in [2.24, 2.45) is 5.92 Å². The van der Waals surface area contributed by atoms with E-state index in [4.69, 9.17) is 0 Å². The van der Waals surface area contributed by atoms with Crippen LogP contribution in [0.2, 0.25) is 0 Å². The smallest absolute Gasteiger partial charge is 0.254 e. The molecule has 2 rings (SSSR count). The summed E-state index contributed by atoms with van der Waals surface area (Å²) in [5.74, 6) is -0.0477. The van der Waals surface area contributed by atoms with Crippen molar-refractivity contribution in [3.8, 4) is 0 Å². The fraction of sp³-hybridized carbons (Fsp3) is 0.636. The lowest BCUT2D eigenvalue weighted by Gasteiger charge is -2.31. The minimum Gasteiger partial charge on any atom is -0.383 e. The number of amides is 1. The second-order valence-corrected chi connectivity index (χ2v) is 4.46. The van der Waals surface area contributed by atoms with E-state index in [1.165, 1.54) is 6.26 Å². The van der Waals surface area contributed by atoms with Crippen LogP contribution in [0.4, 0.5) is 5.82 Å². The van der Waals surface area contributed by atoms with Gasteiger partial charge in [-0.3, -0.25) is 4.79 Å². The van der Waals surface area contributed by atoms with Crippen molar-refractivity contribution in [1.29, 1.82) is 0 Å². The molecule has 0 saturated carbocycles. The molecule has 0 radical (unpaired) electrons. The highest BCUT2D eigenvalue weighted by atomic mass is 79.9. The van der Waals surface area contributed by atoms with Crippen molar-refractivity contribution in [3.63, 3.8) is 0 Å². The van der Waals surface area contributed by atoms with Crippen molar-refractivity contribution in [3.05, 3.63) is 12.3 Å². The Morgan fingerprint density at radius 2 is 2.28 bits per heavy atom. The van der Waals surface area contributed by atoms with Crippen molar-refractivity contribution < 1.29 is 14.4 Å². The predicted molar refractivity (Wildman–Crippen MR) is 71.7 cm³/mol. The molecule has 1 aliphatic rings. The summed E-state index contributed by atoms with van der Waals surface area (Å²) in [6.45, 7) is 1.83. The van der Waals surface area contributed by atoms with Crippen molar-refractivity contribution in [2.45, 2.75) is 18.9 Å². The van der Waals surface area contributed by atoms with Gasteiger partial charge in [0, 0.05) is 6.07 Å². The summed E-state index contributed by atoms with van der Waals surface area (Å²) in [6, 6.07) is 1.54. The van der Waals surface area contributed by atoms with Crippen molar-refractivity contribution in [2.75, 3.05) is 25.5 Å². The van der Waals surface area contributed by atoms with E-state index in [2.05, 4.69) is 19.9 Å². The summed E-state index contributed by atoms with van der Waals surface area (Å²) in [5, 5.41) is 16.0. The van der Waals surface area contributed by atoms with E-state index in [1.54, 1.807) is 6.07 Å². The third kappa shape index (κ3) is 3.79. The summed E-state index contributed by atoms with van der Waals surface area (Å²) < 4.78 is 4.60. The first-order valence-electron chi connectivity index (χ1n) is 5.74. The van der Waals surface area contributed by atoms with E-state index in [1.807, 2.05) is 7.05 Å². The molecule has 0 aromatic carbocycles. The Labute approximate surface area is 116 Å². The summed E-state index contributed by atoms with van der Waals surface area (Å²) >= 11 is 0. The molecule has 0 bridgehead atoms. The number of nitrogens with zero attached hydrogens (tertiary/aromatic N) is 2. The lowest BCUT2D eigenvalue weighted by atomic mass is 9.91. The van der Waals surface area contributed by atoms with E-state index in [0.29, 0.717) is 5.82 Å². The normalized spacial score (nSPS) is 19.0. The number of anilines is 1. The Morgan fingerprint density at radius 3 is 2.83 bits per heavy atom. The van der Waals surface area contributed by atoms with Gasteiger partial charge < -0.3 is 19.8 Å². The van der Waals surface area contributed by atoms with E-state index in [9.17, 15) is 9.90 Å². The standard InChI is InChI=1S/C11H17N3O3.BrH/c1-14-5-2-8(3-6-14)10(15)11(16)12-9-4-7-17-13-9;/h4,7-8,10,15H,2-3,5-6H2,1H3,(H,12,13,16);1H. The predicted octanol–water partition coefficient (Wildman–Crippen LogP) is 0.894. The molecular weight excluding hydrogens is 302 g/mol. The molecular formula is C11H18BrN3O3. The molecule has 102 valence electrons. The first-order valence-corrected chi connectivity index (χ1v) is 5.74. The molecule has 1 unspecified atom stereocenters. The summed E-state index contributed by atoms with van der Waals surface area (Å²) in [6.07, 6.45) is 2.08. The second kappa shape index (κ2) is 6.86. The Kier molecular flexibility index (Phi) is 5.77. The average Bonchev–Trinajstić information content (AvgIpc) is 2.82. The number of halogens is 1. The van der Waals surface area contributed by atoms with Crippen LogP contribution in [0.15, 0.2) is 16.9 Å². The van der Waals surface area contributed by atoms with Crippen LogP contribution in [-0.2, 0) is 4.79 Å². The zero-order valence-corrected chi connectivity index (χ0v) is 11.9. The van der Waals surface area contributed by atoms with Gasteiger partial charge in [-0.2, -0.15) is 0 Å². The Balaban J connectivity index is 0.00000162. The molecule has 7 heteroatoms. The minimum absolute atomic E-state index is 0. The average molecular weight is 320 g/mol. The number of piperidine rings is 1. The lowest BCUT2D eigenvalue weighted by Crippen LogP contribution is -2.41. The number of carbonyl (C=O) groups excluding carboxylic acids is 1. The highest BCUT2D eigenvalue weighted by Gasteiger charge is 2.29. The maximum absolute atomic E-state index is 11.7. The van der Waals surface area contributed by atoms with E-state index in [-0.39, 0.29) is 22.9 Å². The van der Waals surface area contributed by atoms with Crippen LogP contribution in [0.3, 0.4) is 0 Å². The van der Waals surface area contributed by atoms with Crippen LogP contribution in [0.5, 0.6) is 0 Å². The highest BCUT2D eigenvalue weighted by Crippen LogP contribution is 2.20. The molecule has 1 aromatic heterocycles. The van der Waals surface area contributed by atoms with Crippen LogP contribution in [-0.4, -0.2) is 47.3 Å².